The van der Waals surface area contributed by atoms with Crippen LogP contribution >= 0.6 is 11.8 Å². The third-order valence-corrected chi connectivity index (χ3v) is 10.2. The normalized spacial score (nSPS) is 28.1. The lowest BCUT2D eigenvalue weighted by Crippen LogP contribution is -2.62. The molecule has 0 radical (unpaired) electrons. The van der Waals surface area contributed by atoms with Crippen molar-refractivity contribution in [1.82, 2.24) is 10.1 Å². The monoisotopic (exact) mass is 506 g/mol. The van der Waals surface area contributed by atoms with Gasteiger partial charge in [0, 0.05) is 17.7 Å². The van der Waals surface area contributed by atoms with Crippen LogP contribution in [-0.4, -0.2) is 49.7 Å². The molecule has 2 aromatic carbocycles. The number of aromatic nitrogens is 2. The molecule has 1 saturated carbocycles. The third kappa shape index (κ3) is 4.57. The molecule has 36 heavy (non-hydrogen) atoms. The first-order chi connectivity index (χ1) is 17.5. The Balaban J connectivity index is 1.23. The Kier molecular flexibility index (Phi) is 6.56. The lowest BCUT2D eigenvalue weighted by Gasteiger charge is -2.51. The van der Waals surface area contributed by atoms with E-state index in [1.807, 2.05) is 54.2 Å². The molecule has 6 nitrogen and oxygen atoms in total. The fraction of sp³-hybridized carbons (Fsp3) is 0.517. The molecule has 2 atom stereocenters. The molecule has 0 amide bonds. The number of phenols is 1. The minimum absolute atomic E-state index is 0.0972. The first kappa shape index (κ1) is 24.0. The van der Waals surface area contributed by atoms with Crippen molar-refractivity contribution < 1.29 is 19.2 Å². The van der Waals surface area contributed by atoms with E-state index in [2.05, 4.69) is 11.2 Å². The Morgan fingerprint density at radius 3 is 2.50 bits per heavy atom. The highest BCUT2D eigenvalue weighted by molar-refractivity contribution is 8.00. The number of rotatable bonds is 7. The highest BCUT2D eigenvalue weighted by Gasteiger charge is 2.48. The molecule has 3 aliphatic heterocycles. The fourth-order valence-corrected chi connectivity index (χ4v) is 8.38. The second-order valence-electron chi connectivity index (χ2n) is 11.1. The molecule has 0 spiro atoms. The van der Waals surface area contributed by atoms with Gasteiger partial charge in [-0.1, -0.05) is 60.8 Å². The van der Waals surface area contributed by atoms with Crippen LogP contribution in [0.5, 0.6) is 5.75 Å². The first-order valence-corrected chi connectivity index (χ1v) is 14.3. The summed E-state index contributed by atoms with van der Waals surface area (Å²) in [6, 6.07) is 17.5. The maximum absolute atomic E-state index is 12.1. The number of hydrogen-bond donors (Lipinski definition) is 2. The van der Waals surface area contributed by atoms with Crippen molar-refractivity contribution in [3.05, 3.63) is 71.9 Å². The van der Waals surface area contributed by atoms with E-state index in [9.17, 15) is 10.2 Å². The van der Waals surface area contributed by atoms with Gasteiger partial charge < -0.3 is 19.2 Å². The summed E-state index contributed by atoms with van der Waals surface area (Å²) in [7, 11) is 0. The zero-order chi connectivity index (χ0) is 24.6. The average Bonchev–Trinajstić information content (AvgIpc) is 3.38. The Hall–Kier alpha value is -2.35. The van der Waals surface area contributed by atoms with Crippen LogP contribution in [0.3, 0.4) is 0 Å². The number of aliphatic hydroxyl groups is 1. The summed E-state index contributed by atoms with van der Waals surface area (Å²) in [5.74, 6) is 2.19. The summed E-state index contributed by atoms with van der Waals surface area (Å²) in [6.45, 7) is 4.04. The standard InChI is InChI=1S/C29H35N3O3S/c33-24-12-7-13-25(18-24)36-26-19-32(16-14-21(26)15-17-32)20-27-30-28(31-35-27)29(34,22-8-3-1-4-9-22)23-10-5-2-6-11-23/h1,3-4,7-9,12-13,18,21,23,26,34H,2,5-6,10-11,14-17,19-20H2/p+1/t21?,26-,29-,32?/m0/s1. The number of piperidine rings is 3. The molecule has 4 fully saturated rings. The maximum Gasteiger partial charge on any atom is 0.282 e. The van der Waals surface area contributed by atoms with Crippen molar-refractivity contribution in [2.24, 2.45) is 11.8 Å². The van der Waals surface area contributed by atoms with Gasteiger partial charge in [-0.05, 0) is 48.4 Å². The second-order valence-corrected chi connectivity index (χ2v) is 12.4. The Morgan fingerprint density at radius 1 is 0.972 bits per heavy atom. The van der Waals surface area contributed by atoms with Gasteiger partial charge in [0.2, 0.25) is 5.82 Å². The SMILES string of the molecule is Oc1cccc(S[C@H]2C[N+]3(Cc4nc([C@](O)(c5ccccc5)C5CCCCC5)no4)CCC2CC3)c1. The predicted molar refractivity (Wildman–Crippen MR) is 139 cm³/mol. The molecule has 7 rings (SSSR count). The van der Waals surface area contributed by atoms with E-state index >= 15 is 0 Å². The average molecular weight is 507 g/mol. The first-order valence-electron chi connectivity index (χ1n) is 13.5. The largest absolute Gasteiger partial charge is 0.508 e. The molecule has 2 bridgehead atoms. The molecular formula is C29H36N3O3S+. The molecule has 7 heteroatoms. The van der Waals surface area contributed by atoms with E-state index < -0.39 is 5.60 Å². The lowest BCUT2D eigenvalue weighted by atomic mass is 9.73. The van der Waals surface area contributed by atoms with Gasteiger partial charge in [0.15, 0.2) is 12.1 Å². The van der Waals surface area contributed by atoms with Crippen LogP contribution < -0.4 is 0 Å². The molecule has 0 unspecified atom stereocenters. The van der Waals surface area contributed by atoms with Gasteiger partial charge in [-0.3, -0.25) is 0 Å². The summed E-state index contributed by atoms with van der Waals surface area (Å²) in [4.78, 5) is 6.01. The van der Waals surface area contributed by atoms with Gasteiger partial charge in [0.1, 0.15) is 5.75 Å². The summed E-state index contributed by atoms with van der Waals surface area (Å²) in [6.07, 6.45) is 7.84. The molecule has 2 N–H and O–H groups in total. The van der Waals surface area contributed by atoms with E-state index in [1.165, 1.54) is 19.3 Å². The fourth-order valence-electron chi connectivity index (χ4n) is 6.83. The Morgan fingerprint density at radius 2 is 1.75 bits per heavy atom. The van der Waals surface area contributed by atoms with Crippen LogP contribution in [0.1, 0.15) is 62.2 Å². The quantitative estimate of drug-likeness (QED) is 0.413. The number of aromatic hydroxyl groups is 1. The van der Waals surface area contributed by atoms with Crippen LogP contribution in [0.2, 0.25) is 0 Å². The van der Waals surface area contributed by atoms with E-state index in [0.29, 0.717) is 35.2 Å². The van der Waals surface area contributed by atoms with Gasteiger partial charge in [-0.15, -0.1) is 11.8 Å². The summed E-state index contributed by atoms with van der Waals surface area (Å²) in [5, 5.41) is 27.0. The van der Waals surface area contributed by atoms with Crippen LogP contribution in [0.15, 0.2) is 64.0 Å². The van der Waals surface area contributed by atoms with E-state index in [4.69, 9.17) is 9.51 Å². The Bertz CT molecular complexity index is 1170. The predicted octanol–water partition coefficient (Wildman–Crippen LogP) is 5.49. The number of nitrogens with zero attached hydrogens (tertiary/aromatic N) is 3. The Labute approximate surface area is 217 Å². The molecule has 3 aromatic rings. The van der Waals surface area contributed by atoms with Crippen molar-refractivity contribution in [1.29, 1.82) is 0 Å². The smallest absolute Gasteiger partial charge is 0.282 e. The molecule has 190 valence electrons. The number of phenolic OH excluding ortho intramolecular Hbond substituents is 1. The zero-order valence-electron chi connectivity index (χ0n) is 20.8. The lowest BCUT2D eigenvalue weighted by molar-refractivity contribution is -0.955. The van der Waals surface area contributed by atoms with Gasteiger partial charge >= 0.3 is 0 Å². The minimum Gasteiger partial charge on any atom is -0.508 e. The van der Waals surface area contributed by atoms with Gasteiger partial charge in [0.05, 0.1) is 24.9 Å². The molecule has 1 aliphatic carbocycles. The summed E-state index contributed by atoms with van der Waals surface area (Å²) >= 11 is 1.89. The molecule has 3 saturated heterocycles. The highest BCUT2D eigenvalue weighted by Crippen LogP contribution is 2.45. The van der Waals surface area contributed by atoms with Crippen LogP contribution in [0, 0.1) is 11.8 Å². The van der Waals surface area contributed by atoms with Crippen molar-refractivity contribution >= 4 is 11.8 Å². The van der Waals surface area contributed by atoms with E-state index in [-0.39, 0.29) is 5.92 Å². The topological polar surface area (TPSA) is 79.4 Å². The summed E-state index contributed by atoms with van der Waals surface area (Å²) < 4.78 is 6.82. The van der Waals surface area contributed by atoms with Crippen molar-refractivity contribution in [2.45, 2.75) is 67.2 Å². The van der Waals surface area contributed by atoms with E-state index in [0.717, 1.165) is 60.3 Å². The van der Waals surface area contributed by atoms with Crippen LogP contribution in [-0.2, 0) is 12.1 Å². The maximum atomic E-state index is 12.1. The molecule has 4 aliphatic rings. The van der Waals surface area contributed by atoms with Crippen molar-refractivity contribution in [3.63, 3.8) is 0 Å². The van der Waals surface area contributed by atoms with Gasteiger partial charge in [0.25, 0.3) is 5.89 Å². The third-order valence-electron chi connectivity index (χ3n) is 8.84. The van der Waals surface area contributed by atoms with E-state index in [1.54, 1.807) is 6.07 Å². The summed E-state index contributed by atoms with van der Waals surface area (Å²) in [5.41, 5.74) is -0.357. The number of fused-ring (bicyclic) bond motifs is 3. The number of quaternary nitrogens is 1. The van der Waals surface area contributed by atoms with Gasteiger partial charge in [-0.2, -0.15) is 4.98 Å². The van der Waals surface area contributed by atoms with Crippen LogP contribution in [0.4, 0.5) is 0 Å². The van der Waals surface area contributed by atoms with Crippen molar-refractivity contribution in [3.8, 4) is 5.75 Å². The number of benzene rings is 2. The van der Waals surface area contributed by atoms with Crippen molar-refractivity contribution in [2.75, 3.05) is 19.6 Å². The second kappa shape index (κ2) is 9.84. The molecular weight excluding hydrogens is 470 g/mol. The number of thioether (sulfide) groups is 1. The molecule has 4 heterocycles. The van der Waals surface area contributed by atoms with Crippen LogP contribution in [0.25, 0.3) is 0 Å². The highest BCUT2D eigenvalue weighted by atomic mass is 32.2. The molecule has 1 aromatic heterocycles. The van der Waals surface area contributed by atoms with Gasteiger partial charge in [-0.25, -0.2) is 0 Å². The number of hydrogen-bond acceptors (Lipinski definition) is 6. The zero-order valence-corrected chi connectivity index (χ0v) is 21.6. The minimum atomic E-state index is -1.22.